The summed E-state index contributed by atoms with van der Waals surface area (Å²) in [6, 6.07) is 15.9. The van der Waals surface area contributed by atoms with E-state index in [1.54, 1.807) is 24.3 Å². The summed E-state index contributed by atoms with van der Waals surface area (Å²) in [5, 5.41) is 2.17. The molecule has 4 aromatic rings. The van der Waals surface area contributed by atoms with Crippen LogP contribution in [-0.4, -0.2) is 31.2 Å². The van der Waals surface area contributed by atoms with Gasteiger partial charge in [0.2, 0.25) is 11.2 Å². The Labute approximate surface area is 254 Å². The summed E-state index contributed by atoms with van der Waals surface area (Å²) in [4.78, 5) is 50.2. The van der Waals surface area contributed by atoms with Gasteiger partial charge in [0.05, 0.1) is 18.1 Å². The topological polar surface area (TPSA) is 130 Å². The van der Waals surface area contributed by atoms with Crippen molar-refractivity contribution in [3.63, 3.8) is 0 Å². The lowest BCUT2D eigenvalue weighted by molar-refractivity contribution is -0.154. The molecule has 0 fully saturated rings. The number of methoxy groups -OCH3 is 1. The van der Waals surface area contributed by atoms with E-state index in [2.05, 4.69) is 10.1 Å². The van der Waals surface area contributed by atoms with Crippen LogP contribution in [0.1, 0.15) is 41.9 Å². The lowest BCUT2D eigenvalue weighted by Crippen LogP contribution is -2.44. The van der Waals surface area contributed by atoms with Gasteiger partial charge in [-0.25, -0.2) is 14.4 Å². The molecule has 0 aliphatic carbocycles. The maximum absolute atomic E-state index is 14.0. The Morgan fingerprint density at radius 2 is 1.60 bits per heavy atom. The monoisotopic (exact) mass is 627 g/mol. The largest absolute Gasteiger partial charge is 0.465 e. The predicted molar refractivity (Wildman–Crippen MR) is 154 cm³/mol. The van der Waals surface area contributed by atoms with Crippen molar-refractivity contribution >= 4 is 29.0 Å². The molecule has 45 heavy (non-hydrogen) atoms. The van der Waals surface area contributed by atoms with Crippen LogP contribution in [0, 0.1) is 5.92 Å². The Hall–Kier alpha value is -5.33. The Morgan fingerprint density at radius 1 is 0.933 bits per heavy atom. The number of nitrogens with one attached hydrogen (secondary N) is 1. The minimum atomic E-state index is -5.15. The van der Waals surface area contributed by atoms with Crippen molar-refractivity contribution in [3.8, 4) is 17.2 Å². The van der Waals surface area contributed by atoms with Crippen molar-refractivity contribution in [1.82, 2.24) is 5.32 Å². The third kappa shape index (κ3) is 8.40. The van der Waals surface area contributed by atoms with Crippen molar-refractivity contribution < 1.29 is 50.9 Å². The summed E-state index contributed by atoms with van der Waals surface area (Å²) < 4.78 is 67.5. The highest BCUT2D eigenvalue weighted by molar-refractivity contribution is 5.89. The molecule has 0 saturated carbocycles. The zero-order valence-electron chi connectivity index (χ0n) is 24.3. The molecule has 3 aromatic carbocycles. The summed E-state index contributed by atoms with van der Waals surface area (Å²) in [5.41, 5.74) is -0.819. The fraction of sp³-hybridized carbons (Fsp3) is 0.250. The molecule has 0 spiro atoms. The molecule has 1 aromatic heterocycles. The van der Waals surface area contributed by atoms with Crippen LogP contribution in [0.3, 0.4) is 0 Å². The number of fused-ring (bicyclic) bond motifs is 1. The van der Waals surface area contributed by atoms with Gasteiger partial charge in [-0.15, -0.1) is 0 Å². The average Bonchev–Trinajstić information content (AvgIpc) is 3.00. The van der Waals surface area contributed by atoms with Crippen LogP contribution < -0.4 is 20.2 Å². The van der Waals surface area contributed by atoms with E-state index in [1.807, 2.05) is 19.9 Å². The number of hydrogen-bond donors (Lipinski definition) is 1. The van der Waals surface area contributed by atoms with Gasteiger partial charge >= 0.3 is 24.2 Å². The average molecular weight is 628 g/mol. The normalized spacial score (nSPS) is 12.0. The molecule has 236 valence electrons. The number of hydrogen-bond acceptors (Lipinski definition) is 9. The number of alkyl carbamates (subject to hydrolysis) is 1. The SMILES string of the molecule is COC(=O)c1ccc(Oc2c(C(F)(F)F)oc3cc(OC(=O)[C@H](CC(C)C)NC(=O)OCc4ccccc4)ccc3c2=O)cc1. The fourth-order valence-corrected chi connectivity index (χ4v) is 4.17. The van der Waals surface area contributed by atoms with Crippen molar-refractivity contribution in [2.75, 3.05) is 7.11 Å². The molecule has 0 saturated heterocycles. The van der Waals surface area contributed by atoms with Gasteiger partial charge in [-0.3, -0.25) is 4.79 Å². The number of benzene rings is 3. The maximum atomic E-state index is 14.0. The van der Waals surface area contributed by atoms with Gasteiger partial charge in [0.25, 0.3) is 5.76 Å². The molecule has 1 N–H and O–H groups in total. The van der Waals surface area contributed by atoms with E-state index in [-0.39, 0.29) is 41.4 Å². The number of ether oxygens (including phenoxy) is 4. The highest BCUT2D eigenvalue weighted by atomic mass is 19.4. The second kappa shape index (κ2) is 14.0. The van der Waals surface area contributed by atoms with E-state index in [0.717, 1.165) is 17.7 Å². The minimum Gasteiger partial charge on any atom is -0.465 e. The molecule has 0 unspecified atom stereocenters. The number of alkyl halides is 3. The lowest BCUT2D eigenvalue weighted by Gasteiger charge is -2.19. The summed E-state index contributed by atoms with van der Waals surface area (Å²) in [6.07, 6.45) is -5.84. The molecule has 0 bridgehead atoms. The Balaban J connectivity index is 1.56. The first kappa shape index (κ1) is 32.6. The van der Waals surface area contributed by atoms with E-state index >= 15 is 0 Å². The van der Waals surface area contributed by atoms with Gasteiger partial charge < -0.3 is 28.7 Å². The Morgan fingerprint density at radius 3 is 2.22 bits per heavy atom. The number of amides is 1. The quantitative estimate of drug-likeness (QED) is 0.152. The highest BCUT2D eigenvalue weighted by Crippen LogP contribution is 2.38. The number of carbonyl (C=O) groups excluding carboxylic acids is 3. The van der Waals surface area contributed by atoms with Crippen LogP contribution in [0.2, 0.25) is 0 Å². The Bertz CT molecular complexity index is 1730. The standard InChI is InChI=1S/C32H28F3NO9/c1-18(2)15-24(36-31(40)42-17-19-7-5-4-6-8-19)30(39)44-22-13-14-23-25(16-22)45-28(32(33,34)35)27(26(23)37)43-21-11-9-20(10-12-21)29(38)41-3/h4-14,16,18,24H,15,17H2,1-3H3,(H,36,40)/t24-/m0/s1. The molecule has 1 atom stereocenters. The summed E-state index contributed by atoms with van der Waals surface area (Å²) in [6.45, 7) is 3.59. The van der Waals surface area contributed by atoms with Crippen LogP contribution in [0.25, 0.3) is 11.0 Å². The smallest absolute Gasteiger partial charge is 0.453 e. The molecule has 0 radical (unpaired) electrons. The van der Waals surface area contributed by atoms with Gasteiger partial charge in [-0.2, -0.15) is 13.2 Å². The van der Waals surface area contributed by atoms with Crippen LogP contribution >= 0.6 is 0 Å². The summed E-state index contributed by atoms with van der Waals surface area (Å²) >= 11 is 0. The van der Waals surface area contributed by atoms with Crippen LogP contribution in [-0.2, 0) is 27.1 Å². The zero-order valence-corrected chi connectivity index (χ0v) is 24.3. The highest BCUT2D eigenvalue weighted by Gasteiger charge is 2.40. The molecule has 4 rings (SSSR count). The van der Waals surface area contributed by atoms with Gasteiger partial charge in [0.1, 0.15) is 29.7 Å². The summed E-state index contributed by atoms with van der Waals surface area (Å²) in [5.74, 6) is -4.89. The first-order chi connectivity index (χ1) is 21.3. The number of halogens is 3. The molecular formula is C32H28F3NO9. The van der Waals surface area contributed by atoms with Crippen molar-refractivity contribution in [2.45, 2.75) is 39.1 Å². The van der Waals surface area contributed by atoms with Crippen molar-refractivity contribution in [2.24, 2.45) is 5.92 Å². The maximum Gasteiger partial charge on any atom is 0.453 e. The second-order valence-electron chi connectivity index (χ2n) is 10.2. The Kier molecular flexibility index (Phi) is 10.1. The number of carbonyl (C=O) groups is 3. The van der Waals surface area contributed by atoms with Gasteiger partial charge in [0, 0.05) is 6.07 Å². The zero-order chi connectivity index (χ0) is 32.7. The van der Waals surface area contributed by atoms with E-state index < -0.39 is 52.8 Å². The van der Waals surface area contributed by atoms with Crippen LogP contribution in [0.5, 0.6) is 17.2 Å². The van der Waals surface area contributed by atoms with Gasteiger partial charge in [-0.1, -0.05) is 44.2 Å². The first-order valence-corrected chi connectivity index (χ1v) is 13.6. The second-order valence-corrected chi connectivity index (χ2v) is 10.2. The van der Waals surface area contributed by atoms with Crippen molar-refractivity contribution in [3.05, 3.63) is 99.9 Å². The summed E-state index contributed by atoms with van der Waals surface area (Å²) in [7, 11) is 1.17. The lowest BCUT2D eigenvalue weighted by atomic mass is 10.0. The van der Waals surface area contributed by atoms with Gasteiger partial charge in [-0.05, 0) is 54.3 Å². The molecule has 1 heterocycles. The molecule has 10 nitrogen and oxygen atoms in total. The van der Waals surface area contributed by atoms with E-state index in [4.69, 9.17) is 18.6 Å². The molecule has 1 amide bonds. The van der Waals surface area contributed by atoms with Crippen LogP contribution in [0.4, 0.5) is 18.0 Å². The van der Waals surface area contributed by atoms with E-state index in [1.165, 1.54) is 37.4 Å². The van der Waals surface area contributed by atoms with Crippen LogP contribution in [0.15, 0.2) is 82.0 Å². The number of rotatable bonds is 10. The van der Waals surface area contributed by atoms with Gasteiger partial charge in [0.15, 0.2) is 0 Å². The molecular weight excluding hydrogens is 599 g/mol. The molecule has 0 aliphatic heterocycles. The molecule has 13 heteroatoms. The third-order valence-electron chi connectivity index (χ3n) is 6.29. The molecule has 0 aliphatic rings. The minimum absolute atomic E-state index is 0.0358. The number of esters is 2. The first-order valence-electron chi connectivity index (χ1n) is 13.6. The third-order valence-corrected chi connectivity index (χ3v) is 6.29. The predicted octanol–water partition coefficient (Wildman–Crippen LogP) is 6.64. The van der Waals surface area contributed by atoms with E-state index in [0.29, 0.717) is 0 Å². The van der Waals surface area contributed by atoms with Crippen molar-refractivity contribution in [1.29, 1.82) is 0 Å². The fourth-order valence-electron chi connectivity index (χ4n) is 4.17. The van der Waals surface area contributed by atoms with E-state index in [9.17, 15) is 32.3 Å².